The van der Waals surface area contributed by atoms with E-state index in [-0.39, 0.29) is 18.3 Å². The number of hydrogen-bond acceptors (Lipinski definition) is 4. The number of carbonyl (C=O) groups excluding carboxylic acids is 1. The third-order valence-electron chi connectivity index (χ3n) is 5.13. The third-order valence-corrected chi connectivity index (χ3v) is 5.13. The zero-order valence-corrected chi connectivity index (χ0v) is 17.5. The molecular weight excluding hydrogens is 350 g/mol. The van der Waals surface area contributed by atoms with Crippen molar-refractivity contribution in [2.75, 3.05) is 26.2 Å². The van der Waals surface area contributed by atoms with Crippen LogP contribution in [-0.4, -0.2) is 52.0 Å². The predicted octanol–water partition coefficient (Wildman–Crippen LogP) is 3.76. The van der Waals surface area contributed by atoms with Gasteiger partial charge in [-0.15, -0.1) is 17.5 Å². The van der Waals surface area contributed by atoms with Gasteiger partial charge in [-0.25, -0.2) is 4.68 Å². The van der Waals surface area contributed by atoms with Gasteiger partial charge in [0.05, 0.1) is 11.7 Å². The third kappa shape index (κ3) is 6.23. The monoisotopic (exact) mass is 385 g/mol. The lowest BCUT2D eigenvalue weighted by atomic mass is 10.1. The SMILES string of the molecule is CCCCCN(CCCCC)C(=O)c1nnn(C2CCNCC2)c1C.Cl. The first kappa shape index (κ1) is 22.9. The lowest BCUT2D eigenvalue weighted by Crippen LogP contribution is -2.34. The maximum Gasteiger partial charge on any atom is 0.276 e. The van der Waals surface area contributed by atoms with Crippen molar-refractivity contribution in [1.29, 1.82) is 0 Å². The number of amides is 1. The Labute approximate surface area is 164 Å². The maximum atomic E-state index is 13.0. The van der Waals surface area contributed by atoms with Crippen LogP contribution in [0.2, 0.25) is 0 Å². The molecule has 26 heavy (non-hydrogen) atoms. The molecule has 0 spiro atoms. The first-order chi connectivity index (χ1) is 12.2. The number of rotatable bonds is 10. The summed E-state index contributed by atoms with van der Waals surface area (Å²) in [6.07, 6.45) is 8.90. The molecule has 2 rings (SSSR count). The molecule has 1 amide bonds. The van der Waals surface area contributed by atoms with Crippen LogP contribution in [0.1, 0.15) is 87.4 Å². The number of unbranched alkanes of at least 4 members (excludes halogenated alkanes) is 4. The average Bonchev–Trinajstić information content (AvgIpc) is 3.02. The quantitative estimate of drug-likeness (QED) is 0.623. The molecule has 1 fully saturated rings. The molecule has 1 aliphatic rings. The molecule has 0 aromatic carbocycles. The van der Waals surface area contributed by atoms with Crippen molar-refractivity contribution < 1.29 is 4.79 Å². The zero-order chi connectivity index (χ0) is 18.1. The summed E-state index contributed by atoms with van der Waals surface area (Å²) in [6.45, 7) is 10.1. The van der Waals surface area contributed by atoms with Crippen LogP contribution >= 0.6 is 12.4 Å². The van der Waals surface area contributed by atoms with Gasteiger partial charge in [0.1, 0.15) is 0 Å². The van der Waals surface area contributed by atoms with Gasteiger partial charge < -0.3 is 10.2 Å². The molecule has 1 aromatic rings. The second-order valence-electron chi connectivity index (χ2n) is 7.16. The molecule has 0 unspecified atom stereocenters. The molecule has 1 aliphatic heterocycles. The summed E-state index contributed by atoms with van der Waals surface area (Å²) in [5, 5.41) is 12.0. The molecule has 0 radical (unpaired) electrons. The van der Waals surface area contributed by atoms with Crippen LogP contribution in [0.15, 0.2) is 0 Å². The van der Waals surface area contributed by atoms with E-state index in [1.165, 1.54) is 12.8 Å². The molecule has 1 saturated heterocycles. The Kier molecular flexibility index (Phi) is 10.8. The largest absolute Gasteiger partial charge is 0.337 e. The zero-order valence-electron chi connectivity index (χ0n) is 16.7. The number of nitrogens with one attached hydrogen (secondary N) is 1. The fourth-order valence-corrected chi connectivity index (χ4v) is 3.51. The fourth-order valence-electron chi connectivity index (χ4n) is 3.51. The van der Waals surface area contributed by atoms with E-state index in [9.17, 15) is 4.79 Å². The van der Waals surface area contributed by atoms with Crippen LogP contribution in [0.5, 0.6) is 0 Å². The van der Waals surface area contributed by atoms with E-state index >= 15 is 0 Å². The summed E-state index contributed by atoms with van der Waals surface area (Å²) in [5.74, 6) is 0.0601. The lowest BCUT2D eigenvalue weighted by Gasteiger charge is -2.24. The Morgan fingerprint density at radius 2 is 1.69 bits per heavy atom. The van der Waals surface area contributed by atoms with Crippen molar-refractivity contribution in [3.63, 3.8) is 0 Å². The van der Waals surface area contributed by atoms with Crippen molar-refractivity contribution in [1.82, 2.24) is 25.2 Å². The molecule has 1 aromatic heterocycles. The van der Waals surface area contributed by atoms with Gasteiger partial charge in [-0.05, 0) is 45.7 Å². The number of halogens is 1. The molecular formula is C19H36ClN5O. The van der Waals surface area contributed by atoms with E-state index in [0.717, 1.165) is 70.4 Å². The topological polar surface area (TPSA) is 63.1 Å². The van der Waals surface area contributed by atoms with Crippen LogP contribution in [-0.2, 0) is 0 Å². The summed E-state index contributed by atoms with van der Waals surface area (Å²) in [6, 6.07) is 0.365. The minimum absolute atomic E-state index is 0. The first-order valence-electron chi connectivity index (χ1n) is 10.1. The van der Waals surface area contributed by atoms with Crippen molar-refractivity contribution in [2.24, 2.45) is 0 Å². The number of carbonyl (C=O) groups is 1. The van der Waals surface area contributed by atoms with E-state index in [2.05, 4.69) is 29.5 Å². The van der Waals surface area contributed by atoms with E-state index in [1.54, 1.807) is 0 Å². The highest BCUT2D eigenvalue weighted by Crippen LogP contribution is 2.21. The van der Waals surface area contributed by atoms with E-state index in [0.29, 0.717) is 11.7 Å². The van der Waals surface area contributed by atoms with Gasteiger partial charge in [0.2, 0.25) is 0 Å². The van der Waals surface area contributed by atoms with E-state index in [4.69, 9.17) is 0 Å². The van der Waals surface area contributed by atoms with Crippen molar-refractivity contribution >= 4 is 18.3 Å². The van der Waals surface area contributed by atoms with Crippen LogP contribution in [0, 0.1) is 6.92 Å². The summed E-state index contributed by atoms with van der Waals surface area (Å²) in [5.41, 5.74) is 1.47. The Bertz CT molecular complexity index is 518. The second-order valence-corrected chi connectivity index (χ2v) is 7.16. The Hall–Kier alpha value is -1.14. The Morgan fingerprint density at radius 1 is 1.12 bits per heavy atom. The summed E-state index contributed by atoms with van der Waals surface area (Å²) < 4.78 is 1.98. The van der Waals surface area contributed by atoms with Crippen LogP contribution in [0.25, 0.3) is 0 Å². The normalized spacial score (nSPS) is 14.9. The van der Waals surface area contributed by atoms with Crippen LogP contribution < -0.4 is 5.32 Å². The molecule has 150 valence electrons. The van der Waals surface area contributed by atoms with Crippen molar-refractivity contribution in [3.8, 4) is 0 Å². The van der Waals surface area contributed by atoms with Gasteiger partial charge >= 0.3 is 0 Å². The van der Waals surface area contributed by atoms with Gasteiger partial charge in [0, 0.05) is 13.1 Å². The molecule has 2 heterocycles. The van der Waals surface area contributed by atoms with E-state index in [1.807, 2.05) is 16.5 Å². The molecule has 0 atom stereocenters. The predicted molar refractivity (Wildman–Crippen MR) is 108 cm³/mol. The van der Waals surface area contributed by atoms with Gasteiger partial charge in [-0.1, -0.05) is 44.7 Å². The smallest absolute Gasteiger partial charge is 0.276 e. The van der Waals surface area contributed by atoms with E-state index < -0.39 is 0 Å². The van der Waals surface area contributed by atoms with Crippen LogP contribution in [0.3, 0.4) is 0 Å². The number of hydrogen-bond donors (Lipinski definition) is 1. The summed E-state index contributed by atoms with van der Waals surface area (Å²) in [4.78, 5) is 15.0. The number of piperidine rings is 1. The minimum Gasteiger partial charge on any atom is -0.337 e. The average molecular weight is 386 g/mol. The summed E-state index contributed by atoms with van der Waals surface area (Å²) in [7, 11) is 0. The second kappa shape index (κ2) is 12.3. The lowest BCUT2D eigenvalue weighted by molar-refractivity contribution is 0.0742. The summed E-state index contributed by atoms with van der Waals surface area (Å²) >= 11 is 0. The first-order valence-corrected chi connectivity index (χ1v) is 10.1. The highest BCUT2D eigenvalue weighted by atomic mass is 35.5. The highest BCUT2D eigenvalue weighted by molar-refractivity contribution is 5.93. The molecule has 6 nitrogen and oxygen atoms in total. The van der Waals surface area contributed by atoms with Gasteiger partial charge in [0.15, 0.2) is 5.69 Å². The van der Waals surface area contributed by atoms with Crippen molar-refractivity contribution in [3.05, 3.63) is 11.4 Å². The molecule has 0 bridgehead atoms. The number of aromatic nitrogens is 3. The molecule has 0 saturated carbocycles. The van der Waals surface area contributed by atoms with Gasteiger partial charge in [0.25, 0.3) is 5.91 Å². The standard InChI is InChI=1S/C19H35N5O.ClH/c1-4-6-8-14-23(15-9-7-5-2)19(25)18-16(3)24(22-21-18)17-10-12-20-13-11-17;/h17,20H,4-15H2,1-3H3;1H. The molecule has 1 N–H and O–H groups in total. The minimum atomic E-state index is 0. The highest BCUT2D eigenvalue weighted by Gasteiger charge is 2.25. The number of nitrogens with zero attached hydrogens (tertiary/aromatic N) is 4. The van der Waals surface area contributed by atoms with Gasteiger partial charge in [-0.3, -0.25) is 4.79 Å². The molecule has 0 aliphatic carbocycles. The Morgan fingerprint density at radius 3 is 2.23 bits per heavy atom. The van der Waals surface area contributed by atoms with Gasteiger partial charge in [-0.2, -0.15) is 0 Å². The van der Waals surface area contributed by atoms with Crippen LogP contribution in [0.4, 0.5) is 0 Å². The maximum absolute atomic E-state index is 13.0. The van der Waals surface area contributed by atoms with Crippen molar-refractivity contribution in [2.45, 2.75) is 78.2 Å². The Balaban J connectivity index is 0.00000338. The molecule has 7 heteroatoms. The fraction of sp³-hybridized carbons (Fsp3) is 0.842.